The summed E-state index contributed by atoms with van der Waals surface area (Å²) in [6, 6.07) is 11.1. The molecule has 0 bridgehead atoms. The second-order valence-electron chi connectivity index (χ2n) is 8.37. The Morgan fingerprint density at radius 3 is 2.39 bits per heavy atom. The fraction of sp³-hybridized carbons (Fsp3) is 0.391. The molecule has 1 atom stereocenters. The molecule has 2 amide bonds. The molecule has 0 unspecified atom stereocenters. The van der Waals surface area contributed by atoms with Crippen molar-refractivity contribution in [1.29, 1.82) is 0 Å². The summed E-state index contributed by atoms with van der Waals surface area (Å²) in [6.07, 6.45) is 0.960. The molecule has 1 aliphatic rings. The fourth-order valence-electron chi connectivity index (χ4n) is 3.67. The van der Waals surface area contributed by atoms with Crippen molar-refractivity contribution in [3.63, 3.8) is 0 Å². The molecule has 7 nitrogen and oxygen atoms in total. The maximum absolute atomic E-state index is 13.1. The van der Waals surface area contributed by atoms with E-state index < -0.39 is 22.0 Å². The van der Waals surface area contributed by atoms with Crippen molar-refractivity contribution >= 4 is 33.2 Å². The molecule has 31 heavy (non-hydrogen) atoms. The summed E-state index contributed by atoms with van der Waals surface area (Å²) in [7, 11) is -3.92. The molecule has 2 aromatic carbocycles. The van der Waals surface area contributed by atoms with Gasteiger partial charge in [-0.3, -0.25) is 9.59 Å². The maximum atomic E-state index is 13.1. The van der Waals surface area contributed by atoms with Crippen molar-refractivity contribution < 1.29 is 18.0 Å². The van der Waals surface area contributed by atoms with Crippen molar-refractivity contribution in [1.82, 2.24) is 4.72 Å². The van der Waals surface area contributed by atoms with E-state index in [2.05, 4.69) is 10.0 Å². The number of hydrogen-bond donors (Lipinski definition) is 2. The van der Waals surface area contributed by atoms with Crippen LogP contribution in [0.4, 0.5) is 11.4 Å². The van der Waals surface area contributed by atoms with Crippen molar-refractivity contribution in [2.24, 2.45) is 5.92 Å². The molecule has 0 spiro atoms. The standard InChI is InChI=1S/C23H29N3O4S/c1-15(2)13-21(23(28)24-19-7-5-16(3)6-8-19)25-31(29,30)20-9-10-22-18(14-20)11-12-26(22)17(4)27/h5-10,14-15,21,25H,11-13H2,1-4H3,(H,24,28)/t21-/m0/s1. The van der Waals surface area contributed by atoms with E-state index in [0.717, 1.165) is 16.8 Å². The first-order chi connectivity index (χ1) is 14.6. The summed E-state index contributed by atoms with van der Waals surface area (Å²) in [4.78, 5) is 26.3. The Kier molecular flexibility index (Phi) is 6.81. The second-order valence-corrected chi connectivity index (χ2v) is 10.1. The number of nitrogens with one attached hydrogen (secondary N) is 2. The number of carbonyl (C=O) groups is 2. The lowest BCUT2D eigenvalue weighted by atomic mass is 10.0. The number of hydrogen-bond acceptors (Lipinski definition) is 4. The molecule has 0 aromatic heterocycles. The van der Waals surface area contributed by atoms with E-state index in [9.17, 15) is 18.0 Å². The number of nitrogens with zero attached hydrogens (tertiary/aromatic N) is 1. The van der Waals surface area contributed by atoms with Gasteiger partial charge in [-0.1, -0.05) is 31.5 Å². The first kappa shape index (κ1) is 23.0. The van der Waals surface area contributed by atoms with Crippen LogP contribution >= 0.6 is 0 Å². The van der Waals surface area contributed by atoms with Gasteiger partial charge >= 0.3 is 0 Å². The Morgan fingerprint density at radius 1 is 1.10 bits per heavy atom. The molecule has 1 heterocycles. The summed E-state index contributed by atoms with van der Waals surface area (Å²) in [6.45, 7) is 7.85. The highest BCUT2D eigenvalue weighted by molar-refractivity contribution is 7.89. The van der Waals surface area contributed by atoms with Crippen molar-refractivity contribution in [2.75, 3.05) is 16.8 Å². The molecular weight excluding hydrogens is 414 g/mol. The number of fused-ring (bicyclic) bond motifs is 1. The molecule has 0 fully saturated rings. The molecule has 2 aromatic rings. The molecule has 1 aliphatic heterocycles. The van der Waals surface area contributed by atoms with Crippen LogP contribution in [0.25, 0.3) is 0 Å². The van der Waals surface area contributed by atoms with Crippen LogP contribution in [0, 0.1) is 12.8 Å². The van der Waals surface area contributed by atoms with Crippen molar-refractivity contribution in [3.05, 3.63) is 53.6 Å². The lowest BCUT2D eigenvalue weighted by Gasteiger charge is -2.21. The zero-order valence-corrected chi connectivity index (χ0v) is 19.1. The summed E-state index contributed by atoms with van der Waals surface area (Å²) >= 11 is 0. The van der Waals surface area contributed by atoms with Gasteiger partial charge in [-0.25, -0.2) is 8.42 Å². The Morgan fingerprint density at radius 2 is 1.77 bits per heavy atom. The number of sulfonamides is 1. The number of benzene rings is 2. The molecule has 8 heteroatoms. The van der Waals surface area contributed by atoms with Gasteiger partial charge in [0, 0.05) is 24.8 Å². The Balaban J connectivity index is 1.81. The molecule has 0 aliphatic carbocycles. The van der Waals surface area contributed by atoms with Gasteiger partial charge in [0.1, 0.15) is 6.04 Å². The molecule has 0 radical (unpaired) electrons. The maximum Gasteiger partial charge on any atom is 0.242 e. The molecule has 166 valence electrons. The van der Waals surface area contributed by atoms with Gasteiger partial charge in [-0.2, -0.15) is 4.72 Å². The Labute approximate surface area is 183 Å². The van der Waals surface area contributed by atoms with Crippen LogP contribution in [0.2, 0.25) is 0 Å². The average Bonchev–Trinajstić information content (AvgIpc) is 3.12. The smallest absolute Gasteiger partial charge is 0.242 e. The van der Waals surface area contributed by atoms with Gasteiger partial charge in [-0.05, 0) is 61.6 Å². The van der Waals surface area contributed by atoms with Gasteiger partial charge in [0.2, 0.25) is 21.8 Å². The van der Waals surface area contributed by atoms with E-state index in [1.807, 2.05) is 32.9 Å². The summed E-state index contributed by atoms with van der Waals surface area (Å²) in [5.41, 5.74) is 3.23. The second kappa shape index (κ2) is 9.20. The zero-order valence-electron chi connectivity index (χ0n) is 18.3. The first-order valence-corrected chi connectivity index (χ1v) is 11.9. The normalized spacial score (nSPS) is 14.4. The lowest BCUT2D eigenvalue weighted by molar-refractivity contribution is -0.118. The molecule has 2 N–H and O–H groups in total. The minimum Gasteiger partial charge on any atom is -0.325 e. The molecule has 3 rings (SSSR count). The summed E-state index contributed by atoms with van der Waals surface area (Å²) in [5.74, 6) is -0.358. The number of amides is 2. The van der Waals surface area contributed by atoms with E-state index in [1.165, 1.54) is 13.0 Å². The zero-order chi connectivity index (χ0) is 22.8. The minimum absolute atomic E-state index is 0.0720. The highest BCUT2D eigenvalue weighted by atomic mass is 32.2. The lowest BCUT2D eigenvalue weighted by Crippen LogP contribution is -2.44. The Bertz CT molecular complexity index is 1080. The van der Waals surface area contributed by atoms with Crippen LogP contribution in [0.15, 0.2) is 47.4 Å². The van der Waals surface area contributed by atoms with E-state index in [0.29, 0.717) is 25.1 Å². The summed E-state index contributed by atoms with van der Waals surface area (Å²) < 4.78 is 28.7. The molecular formula is C23H29N3O4S. The van der Waals surface area contributed by atoms with Gasteiger partial charge in [0.25, 0.3) is 0 Å². The van der Waals surface area contributed by atoms with Crippen LogP contribution in [0.5, 0.6) is 0 Å². The van der Waals surface area contributed by atoms with Gasteiger partial charge < -0.3 is 10.2 Å². The SMILES string of the molecule is CC(=O)N1CCc2cc(S(=O)(=O)N[C@@H](CC(C)C)C(=O)Nc3ccc(C)cc3)ccc21. The van der Waals surface area contributed by atoms with Crippen LogP contribution in [0.1, 0.15) is 38.3 Å². The van der Waals surface area contributed by atoms with Gasteiger partial charge in [0.05, 0.1) is 4.90 Å². The van der Waals surface area contributed by atoms with E-state index in [4.69, 9.17) is 0 Å². The summed E-state index contributed by atoms with van der Waals surface area (Å²) in [5, 5.41) is 2.80. The van der Waals surface area contributed by atoms with Crippen LogP contribution < -0.4 is 14.9 Å². The van der Waals surface area contributed by atoms with Crippen LogP contribution in [-0.4, -0.2) is 32.8 Å². The quantitative estimate of drug-likeness (QED) is 0.687. The highest BCUT2D eigenvalue weighted by Crippen LogP contribution is 2.30. The Hall–Kier alpha value is -2.71. The monoisotopic (exact) mass is 443 g/mol. The minimum atomic E-state index is -3.92. The van der Waals surface area contributed by atoms with E-state index >= 15 is 0 Å². The number of aryl methyl sites for hydroxylation is 1. The molecule has 0 saturated heterocycles. The number of anilines is 2. The number of rotatable bonds is 7. The third-order valence-corrected chi connectivity index (χ3v) is 6.75. The van der Waals surface area contributed by atoms with Crippen LogP contribution in [-0.2, 0) is 26.0 Å². The van der Waals surface area contributed by atoms with Gasteiger partial charge in [-0.15, -0.1) is 0 Å². The fourth-order valence-corrected chi connectivity index (χ4v) is 4.93. The van der Waals surface area contributed by atoms with Crippen molar-refractivity contribution in [3.8, 4) is 0 Å². The number of carbonyl (C=O) groups excluding carboxylic acids is 2. The van der Waals surface area contributed by atoms with Gasteiger partial charge in [0.15, 0.2) is 0 Å². The predicted molar refractivity (Wildman–Crippen MR) is 122 cm³/mol. The topological polar surface area (TPSA) is 95.6 Å². The largest absolute Gasteiger partial charge is 0.325 e. The third-order valence-electron chi connectivity index (χ3n) is 5.28. The van der Waals surface area contributed by atoms with Crippen LogP contribution in [0.3, 0.4) is 0 Å². The third kappa shape index (κ3) is 5.51. The average molecular weight is 444 g/mol. The molecule has 0 saturated carbocycles. The van der Waals surface area contributed by atoms with E-state index in [-0.39, 0.29) is 16.7 Å². The highest BCUT2D eigenvalue weighted by Gasteiger charge is 2.29. The van der Waals surface area contributed by atoms with Crippen molar-refractivity contribution in [2.45, 2.75) is 51.5 Å². The predicted octanol–water partition coefficient (Wildman–Crippen LogP) is 3.24. The first-order valence-electron chi connectivity index (χ1n) is 10.4. The van der Waals surface area contributed by atoms with E-state index in [1.54, 1.807) is 29.2 Å².